The van der Waals surface area contributed by atoms with Crippen LogP contribution in [0.1, 0.15) is 40.0 Å². The van der Waals surface area contributed by atoms with Crippen molar-refractivity contribution in [3.05, 3.63) is 0 Å². The average molecular weight is 270 g/mol. The largest absolute Gasteiger partial charge is 0.409 e. The molecule has 0 saturated carbocycles. The summed E-state index contributed by atoms with van der Waals surface area (Å²) in [5, 5.41) is 12.1. The molecule has 1 aliphatic rings. The fourth-order valence-corrected chi connectivity index (χ4v) is 2.60. The summed E-state index contributed by atoms with van der Waals surface area (Å²) in [5.74, 6) is 1.13. The zero-order chi connectivity index (χ0) is 14.3. The highest BCUT2D eigenvalue weighted by molar-refractivity contribution is 5.85. The summed E-state index contributed by atoms with van der Waals surface area (Å²) in [6.45, 7) is 12.1. The third-order valence-corrected chi connectivity index (χ3v) is 3.89. The van der Waals surface area contributed by atoms with Crippen molar-refractivity contribution in [3.63, 3.8) is 0 Å². The number of amidine groups is 1. The number of nitrogens with two attached hydrogens (primary N) is 1. The van der Waals surface area contributed by atoms with Crippen LogP contribution in [0.5, 0.6) is 0 Å². The van der Waals surface area contributed by atoms with E-state index in [0.717, 1.165) is 44.9 Å². The van der Waals surface area contributed by atoms with Crippen LogP contribution in [-0.2, 0) is 0 Å². The van der Waals surface area contributed by atoms with Gasteiger partial charge >= 0.3 is 0 Å². The van der Waals surface area contributed by atoms with Crippen LogP contribution in [0.2, 0.25) is 0 Å². The standard InChI is InChI=1S/C14H30N4O/c1-4-5-13(14(15)16-19)18-10-8-17(9-11-18)7-6-12(2)3/h12-13,19H,4-11H2,1-3H3,(H2,15,16). The van der Waals surface area contributed by atoms with E-state index in [0.29, 0.717) is 5.84 Å². The Labute approximate surface area is 117 Å². The highest BCUT2D eigenvalue weighted by Gasteiger charge is 2.25. The van der Waals surface area contributed by atoms with Gasteiger partial charge in [-0.3, -0.25) is 4.90 Å². The smallest absolute Gasteiger partial charge is 0.156 e. The normalized spacial score (nSPS) is 20.9. The lowest BCUT2D eigenvalue weighted by molar-refractivity contribution is 0.109. The fraction of sp³-hybridized carbons (Fsp3) is 0.929. The minimum Gasteiger partial charge on any atom is -0.409 e. The first kappa shape index (κ1) is 16.2. The van der Waals surface area contributed by atoms with Gasteiger partial charge in [0.2, 0.25) is 0 Å². The third-order valence-electron chi connectivity index (χ3n) is 3.89. The molecule has 1 unspecified atom stereocenters. The second-order valence-corrected chi connectivity index (χ2v) is 5.89. The Kier molecular flexibility index (Phi) is 7.16. The molecule has 3 N–H and O–H groups in total. The molecule has 1 fully saturated rings. The van der Waals surface area contributed by atoms with Crippen LogP contribution < -0.4 is 5.73 Å². The summed E-state index contributed by atoms with van der Waals surface area (Å²) in [7, 11) is 0. The van der Waals surface area contributed by atoms with E-state index in [9.17, 15) is 0 Å². The molecule has 0 aliphatic carbocycles. The molecule has 5 nitrogen and oxygen atoms in total. The van der Waals surface area contributed by atoms with Crippen LogP contribution in [0.4, 0.5) is 0 Å². The number of oxime groups is 1. The molecular weight excluding hydrogens is 240 g/mol. The molecule has 5 heteroatoms. The molecule has 1 atom stereocenters. The predicted molar refractivity (Wildman–Crippen MR) is 79.6 cm³/mol. The molecule has 0 aromatic carbocycles. The van der Waals surface area contributed by atoms with Crippen molar-refractivity contribution in [3.8, 4) is 0 Å². The topological polar surface area (TPSA) is 65.1 Å². The lowest BCUT2D eigenvalue weighted by Crippen LogP contribution is -2.54. The van der Waals surface area contributed by atoms with Gasteiger partial charge in [0.05, 0.1) is 6.04 Å². The predicted octanol–water partition coefficient (Wildman–Crippen LogP) is 1.57. The molecule has 1 saturated heterocycles. The van der Waals surface area contributed by atoms with Crippen molar-refractivity contribution in [2.75, 3.05) is 32.7 Å². The molecule has 0 bridgehead atoms. The van der Waals surface area contributed by atoms with E-state index in [1.54, 1.807) is 0 Å². The summed E-state index contributed by atoms with van der Waals surface area (Å²) >= 11 is 0. The quantitative estimate of drug-likeness (QED) is 0.319. The molecular formula is C14H30N4O. The van der Waals surface area contributed by atoms with Gasteiger partial charge in [0.15, 0.2) is 5.84 Å². The number of nitrogens with zero attached hydrogens (tertiary/aromatic N) is 3. The van der Waals surface area contributed by atoms with Crippen molar-refractivity contribution in [1.29, 1.82) is 0 Å². The van der Waals surface area contributed by atoms with E-state index in [1.807, 2.05) is 0 Å². The molecule has 0 aromatic heterocycles. The van der Waals surface area contributed by atoms with Gasteiger partial charge in [-0.2, -0.15) is 0 Å². The van der Waals surface area contributed by atoms with E-state index in [4.69, 9.17) is 10.9 Å². The van der Waals surface area contributed by atoms with Gasteiger partial charge in [-0.15, -0.1) is 0 Å². The van der Waals surface area contributed by atoms with Crippen molar-refractivity contribution in [1.82, 2.24) is 9.80 Å². The van der Waals surface area contributed by atoms with Crippen LogP contribution >= 0.6 is 0 Å². The van der Waals surface area contributed by atoms with Crippen molar-refractivity contribution < 1.29 is 5.21 Å². The molecule has 1 aliphatic heterocycles. The van der Waals surface area contributed by atoms with E-state index < -0.39 is 0 Å². The van der Waals surface area contributed by atoms with E-state index in [2.05, 4.69) is 35.7 Å². The maximum absolute atomic E-state index is 8.89. The molecule has 1 rings (SSSR count). The molecule has 0 aromatic rings. The van der Waals surface area contributed by atoms with Crippen molar-refractivity contribution in [2.24, 2.45) is 16.8 Å². The Morgan fingerprint density at radius 3 is 2.32 bits per heavy atom. The van der Waals surface area contributed by atoms with Crippen LogP contribution in [0.25, 0.3) is 0 Å². The first-order valence-corrected chi connectivity index (χ1v) is 7.52. The average Bonchev–Trinajstić information content (AvgIpc) is 2.42. The van der Waals surface area contributed by atoms with E-state index in [-0.39, 0.29) is 6.04 Å². The lowest BCUT2D eigenvalue weighted by Gasteiger charge is -2.39. The zero-order valence-corrected chi connectivity index (χ0v) is 12.7. The van der Waals surface area contributed by atoms with Crippen LogP contribution in [-0.4, -0.2) is 59.6 Å². The summed E-state index contributed by atoms with van der Waals surface area (Å²) < 4.78 is 0. The Hall–Kier alpha value is -0.810. The molecule has 0 amide bonds. The van der Waals surface area contributed by atoms with E-state index in [1.165, 1.54) is 13.0 Å². The summed E-state index contributed by atoms with van der Waals surface area (Å²) in [4.78, 5) is 4.87. The summed E-state index contributed by atoms with van der Waals surface area (Å²) in [6.07, 6.45) is 3.27. The number of piperazine rings is 1. The second-order valence-electron chi connectivity index (χ2n) is 5.89. The molecule has 1 heterocycles. The second kappa shape index (κ2) is 8.38. The summed E-state index contributed by atoms with van der Waals surface area (Å²) in [6, 6.07) is 0.0993. The number of hydrogen-bond donors (Lipinski definition) is 2. The molecule has 112 valence electrons. The third kappa shape index (κ3) is 5.37. The Balaban J connectivity index is 2.42. The van der Waals surface area contributed by atoms with Crippen molar-refractivity contribution >= 4 is 5.84 Å². The van der Waals surface area contributed by atoms with Gasteiger partial charge in [-0.1, -0.05) is 32.3 Å². The molecule has 0 spiro atoms. The first-order valence-electron chi connectivity index (χ1n) is 7.52. The van der Waals surface area contributed by atoms with Gasteiger partial charge in [-0.05, 0) is 25.3 Å². The number of rotatable bonds is 7. The maximum Gasteiger partial charge on any atom is 0.156 e. The minimum atomic E-state index is 0.0993. The van der Waals surface area contributed by atoms with Gasteiger partial charge in [-0.25, -0.2) is 0 Å². The molecule has 19 heavy (non-hydrogen) atoms. The monoisotopic (exact) mass is 270 g/mol. The Morgan fingerprint density at radius 1 is 1.21 bits per heavy atom. The van der Waals surface area contributed by atoms with Crippen LogP contribution in [0, 0.1) is 5.92 Å². The zero-order valence-electron chi connectivity index (χ0n) is 12.7. The maximum atomic E-state index is 8.89. The molecule has 0 radical (unpaired) electrons. The SMILES string of the molecule is CCCC(C(N)=NO)N1CCN(CCC(C)C)CC1. The van der Waals surface area contributed by atoms with Crippen LogP contribution in [0.15, 0.2) is 5.16 Å². The Bertz CT molecular complexity index is 273. The van der Waals surface area contributed by atoms with Crippen molar-refractivity contribution in [2.45, 2.75) is 46.1 Å². The highest BCUT2D eigenvalue weighted by atomic mass is 16.4. The summed E-state index contributed by atoms with van der Waals surface area (Å²) in [5.41, 5.74) is 5.81. The van der Waals surface area contributed by atoms with Gasteiger partial charge in [0, 0.05) is 26.2 Å². The van der Waals surface area contributed by atoms with Gasteiger partial charge in [0.25, 0.3) is 0 Å². The number of hydrogen-bond acceptors (Lipinski definition) is 4. The fourth-order valence-electron chi connectivity index (χ4n) is 2.60. The van der Waals surface area contributed by atoms with Gasteiger partial charge < -0.3 is 15.8 Å². The van der Waals surface area contributed by atoms with Crippen LogP contribution in [0.3, 0.4) is 0 Å². The Morgan fingerprint density at radius 2 is 1.84 bits per heavy atom. The first-order chi connectivity index (χ1) is 9.08. The van der Waals surface area contributed by atoms with E-state index >= 15 is 0 Å². The van der Waals surface area contributed by atoms with Gasteiger partial charge in [0.1, 0.15) is 0 Å². The highest BCUT2D eigenvalue weighted by Crippen LogP contribution is 2.12. The lowest BCUT2D eigenvalue weighted by atomic mass is 10.1. The minimum absolute atomic E-state index is 0.0993.